The molecule has 1 aromatic rings. The second-order valence-electron chi connectivity index (χ2n) is 4.04. The highest BCUT2D eigenvalue weighted by atomic mass is 79.9. The number of aliphatic hydroxyl groups excluding tert-OH is 2. The van der Waals surface area contributed by atoms with Crippen molar-refractivity contribution in [1.29, 1.82) is 0 Å². The summed E-state index contributed by atoms with van der Waals surface area (Å²) in [5.41, 5.74) is 2.00. The largest absolute Gasteiger partial charge is 0.396 e. The third kappa shape index (κ3) is 3.98. The Balaban J connectivity index is 2.86. The lowest BCUT2D eigenvalue weighted by Crippen LogP contribution is -2.24. The van der Waals surface area contributed by atoms with E-state index in [4.69, 9.17) is 5.11 Å². The Hall–Kier alpha value is -0.580. The molecule has 0 unspecified atom stereocenters. The van der Waals surface area contributed by atoms with Gasteiger partial charge in [-0.05, 0) is 38.0 Å². The molecular formula is C13H20BrNO2. The molecule has 0 saturated carbocycles. The number of nitrogens with zero attached hydrogens (tertiary/aromatic N) is 1. The van der Waals surface area contributed by atoms with Crippen LogP contribution in [0, 0.1) is 0 Å². The Morgan fingerprint density at radius 2 is 2.12 bits per heavy atom. The Labute approximate surface area is 111 Å². The van der Waals surface area contributed by atoms with Crippen molar-refractivity contribution in [3.05, 3.63) is 28.2 Å². The van der Waals surface area contributed by atoms with Crippen LogP contribution >= 0.6 is 15.9 Å². The minimum Gasteiger partial charge on any atom is -0.396 e. The number of rotatable bonds is 6. The summed E-state index contributed by atoms with van der Waals surface area (Å²) in [6.45, 7) is 5.80. The number of aliphatic hydroxyl groups is 2. The van der Waals surface area contributed by atoms with E-state index in [1.165, 1.54) is 0 Å². The fraction of sp³-hybridized carbons (Fsp3) is 0.538. The van der Waals surface area contributed by atoms with Crippen molar-refractivity contribution in [2.24, 2.45) is 0 Å². The van der Waals surface area contributed by atoms with Crippen molar-refractivity contribution >= 4 is 21.6 Å². The minimum atomic E-state index is -0.467. The normalized spacial score (nSPS) is 12.5. The monoisotopic (exact) mass is 301 g/mol. The summed E-state index contributed by atoms with van der Waals surface area (Å²) < 4.78 is 0.924. The molecule has 0 spiro atoms. The summed E-state index contributed by atoms with van der Waals surface area (Å²) in [7, 11) is 0. The van der Waals surface area contributed by atoms with Crippen LogP contribution in [0.2, 0.25) is 0 Å². The maximum Gasteiger partial charge on any atom is 0.0772 e. The van der Waals surface area contributed by atoms with Gasteiger partial charge in [-0.3, -0.25) is 0 Å². The van der Waals surface area contributed by atoms with E-state index in [-0.39, 0.29) is 6.61 Å². The fourth-order valence-corrected chi connectivity index (χ4v) is 2.48. The SMILES string of the molecule is CCN(CCCO)c1ccc([C@@H](C)O)c(Br)c1. The van der Waals surface area contributed by atoms with Crippen LogP contribution < -0.4 is 4.90 Å². The zero-order chi connectivity index (χ0) is 12.8. The highest BCUT2D eigenvalue weighted by molar-refractivity contribution is 9.10. The molecule has 96 valence electrons. The maximum absolute atomic E-state index is 9.56. The van der Waals surface area contributed by atoms with Crippen LogP contribution in [0.4, 0.5) is 5.69 Å². The lowest BCUT2D eigenvalue weighted by molar-refractivity contribution is 0.198. The Morgan fingerprint density at radius 1 is 1.41 bits per heavy atom. The van der Waals surface area contributed by atoms with Gasteiger partial charge in [0.15, 0.2) is 0 Å². The van der Waals surface area contributed by atoms with Gasteiger partial charge in [-0.25, -0.2) is 0 Å². The lowest BCUT2D eigenvalue weighted by atomic mass is 10.1. The van der Waals surface area contributed by atoms with E-state index in [1.54, 1.807) is 6.92 Å². The molecule has 0 aliphatic rings. The summed E-state index contributed by atoms with van der Waals surface area (Å²) in [5.74, 6) is 0. The van der Waals surface area contributed by atoms with Gasteiger partial charge in [0.05, 0.1) is 6.10 Å². The van der Waals surface area contributed by atoms with Gasteiger partial charge in [0.2, 0.25) is 0 Å². The van der Waals surface area contributed by atoms with Crippen LogP contribution in [-0.4, -0.2) is 29.9 Å². The molecular weight excluding hydrogens is 282 g/mol. The summed E-state index contributed by atoms with van der Waals surface area (Å²) in [5, 5.41) is 18.4. The topological polar surface area (TPSA) is 43.7 Å². The molecule has 4 heteroatoms. The van der Waals surface area contributed by atoms with E-state index in [0.717, 1.165) is 35.2 Å². The Morgan fingerprint density at radius 3 is 2.59 bits per heavy atom. The summed E-state index contributed by atoms with van der Waals surface area (Å²) >= 11 is 3.48. The zero-order valence-corrected chi connectivity index (χ0v) is 11.9. The van der Waals surface area contributed by atoms with Gasteiger partial charge in [0.1, 0.15) is 0 Å². The average Bonchev–Trinajstić information content (AvgIpc) is 2.29. The molecule has 17 heavy (non-hydrogen) atoms. The molecule has 1 rings (SSSR count). The summed E-state index contributed by atoms with van der Waals surface area (Å²) in [6.07, 6.45) is 0.301. The number of hydrogen-bond donors (Lipinski definition) is 2. The van der Waals surface area contributed by atoms with E-state index >= 15 is 0 Å². The zero-order valence-electron chi connectivity index (χ0n) is 10.4. The van der Waals surface area contributed by atoms with Gasteiger partial charge < -0.3 is 15.1 Å². The molecule has 1 aromatic carbocycles. The molecule has 2 N–H and O–H groups in total. The molecule has 0 radical (unpaired) electrons. The van der Waals surface area contributed by atoms with Gasteiger partial charge in [-0.1, -0.05) is 22.0 Å². The van der Waals surface area contributed by atoms with Crippen LogP contribution in [0.25, 0.3) is 0 Å². The predicted octanol–water partition coefficient (Wildman–Crippen LogP) is 2.71. The summed E-state index contributed by atoms with van der Waals surface area (Å²) in [4.78, 5) is 2.20. The molecule has 0 fully saturated rings. The maximum atomic E-state index is 9.56. The number of hydrogen-bond acceptors (Lipinski definition) is 3. The molecule has 0 aromatic heterocycles. The van der Waals surface area contributed by atoms with Gasteiger partial charge in [-0.2, -0.15) is 0 Å². The first-order valence-corrected chi connectivity index (χ1v) is 6.72. The van der Waals surface area contributed by atoms with Gasteiger partial charge in [-0.15, -0.1) is 0 Å². The highest BCUT2D eigenvalue weighted by Crippen LogP contribution is 2.28. The molecule has 0 heterocycles. The van der Waals surface area contributed by atoms with Crippen molar-refractivity contribution in [2.45, 2.75) is 26.4 Å². The minimum absolute atomic E-state index is 0.212. The van der Waals surface area contributed by atoms with Crippen molar-refractivity contribution in [3.8, 4) is 0 Å². The third-order valence-electron chi connectivity index (χ3n) is 2.77. The third-order valence-corrected chi connectivity index (χ3v) is 3.45. The van der Waals surface area contributed by atoms with Crippen LogP contribution in [0.5, 0.6) is 0 Å². The van der Waals surface area contributed by atoms with Crippen LogP contribution in [-0.2, 0) is 0 Å². The predicted molar refractivity (Wildman–Crippen MR) is 74.4 cm³/mol. The first-order valence-electron chi connectivity index (χ1n) is 5.93. The smallest absolute Gasteiger partial charge is 0.0772 e. The molecule has 1 atom stereocenters. The van der Waals surface area contributed by atoms with Crippen LogP contribution in [0.1, 0.15) is 31.9 Å². The number of benzene rings is 1. The average molecular weight is 302 g/mol. The quantitative estimate of drug-likeness (QED) is 0.849. The van der Waals surface area contributed by atoms with Crippen molar-refractivity contribution in [3.63, 3.8) is 0 Å². The van der Waals surface area contributed by atoms with E-state index < -0.39 is 6.10 Å². The molecule has 0 saturated heterocycles. The van der Waals surface area contributed by atoms with Crippen molar-refractivity contribution in [2.75, 3.05) is 24.6 Å². The highest BCUT2D eigenvalue weighted by Gasteiger charge is 2.09. The van der Waals surface area contributed by atoms with E-state index in [2.05, 4.69) is 27.8 Å². The second-order valence-corrected chi connectivity index (χ2v) is 4.89. The van der Waals surface area contributed by atoms with E-state index in [1.807, 2.05) is 18.2 Å². The number of halogens is 1. The first kappa shape index (κ1) is 14.5. The van der Waals surface area contributed by atoms with Gasteiger partial charge in [0.25, 0.3) is 0 Å². The Kier molecular flexibility index (Phi) is 5.95. The van der Waals surface area contributed by atoms with E-state index in [0.29, 0.717) is 0 Å². The lowest BCUT2D eigenvalue weighted by Gasteiger charge is -2.23. The molecule has 0 bridgehead atoms. The van der Waals surface area contributed by atoms with Gasteiger partial charge in [0, 0.05) is 29.9 Å². The first-order chi connectivity index (χ1) is 8.10. The Bertz CT molecular complexity index is 355. The number of anilines is 1. The molecule has 0 aliphatic heterocycles. The second kappa shape index (κ2) is 6.99. The van der Waals surface area contributed by atoms with E-state index in [9.17, 15) is 5.11 Å². The van der Waals surface area contributed by atoms with Crippen LogP contribution in [0.15, 0.2) is 22.7 Å². The van der Waals surface area contributed by atoms with Crippen molar-refractivity contribution < 1.29 is 10.2 Å². The molecule has 0 amide bonds. The summed E-state index contributed by atoms with van der Waals surface area (Å²) in [6, 6.07) is 5.96. The molecule has 0 aliphatic carbocycles. The van der Waals surface area contributed by atoms with Crippen LogP contribution in [0.3, 0.4) is 0 Å². The molecule has 3 nitrogen and oxygen atoms in total. The van der Waals surface area contributed by atoms with Gasteiger partial charge >= 0.3 is 0 Å². The van der Waals surface area contributed by atoms with Crippen molar-refractivity contribution in [1.82, 2.24) is 0 Å². The fourth-order valence-electron chi connectivity index (χ4n) is 1.78. The standard InChI is InChI=1S/C13H20BrNO2/c1-3-15(7-4-8-16)11-5-6-12(10(2)17)13(14)9-11/h5-6,9-10,16-17H,3-4,7-8H2,1-2H3/t10-/m1/s1.